The Kier molecular flexibility index (Phi) is 4.16. The molecule has 2 heterocycles. The zero-order chi connectivity index (χ0) is 17.5. The number of nitrogens with zero attached hydrogens (tertiary/aromatic N) is 2. The molecule has 0 radical (unpaired) electrons. The molecule has 1 saturated heterocycles. The van der Waals surface area contributed by atoms with Crippen molar-refractivity contribution in [1.82, 2.24) is 14.2 Å². The van der Waals surface area contributed by atoms with Gasteiger partial charge in [-0.05, 0) is 31.7 Å². The zero-order valence-electron chi connectivity index (χ0n) is 13.5. The second kappa shape index (κ2) is 5.89. The van der Waals surface area contributed by atoms with Gasteiger partial charge in [-0.1, -0.05) is 6.42 Å². The molecule has 0 bridgehead atoms. The van der Waals surface area contributed by atoms with Crippen molar-refractivity contribution in [3.63, 3.8) is 0 Å². The fraction of sp³-hybridized carbons (Fsp3) is 0.600. The number of piperidine rings is 1. The van der Waals surface area contributed by atoms with E-state index in [-0.39, 0.29) is 10.6 Å². The lowest BCUT2D eigenvalue weighted by molar-refractivity contribution is -0.140. The normalized spacial score (nSPS) is 20.5. The van der Waals surface area contributed by atoms with Crippen LogP contribution in [0.5, 0.6) is 0 Å². The van der Waals surface area contributed by atoms with Crippen molar-refractivity contribution in [2.45, 2.75) is 42.5 Å². The Labute approximate surface area is 140 Å². The predicted molar refractivity (Wildman–Crippen MR) is 85.1 cm³/mol. The lowest BCUT2D eigenvalue weighted by Crippen LogP contribution is -2.43. The van der Waals surface area contributed by atoms with Gasteiger partial charge in [-0.2, -0.15) is 4.31 Å². The molecule has 1 saturated carbocycles. The molecule has 1 aromatic rings. The maximum atomic E-state index is 12.7. The Morgan fingerprint density at radius 3 is 2.38 bits per heavy atom. The van der Waals surface area contributed by atoms with Gasteiger partial charge in [0, 0.05) is 26.3 Å². The van der Waals surface area contributed by atoms with Gasteiger partial charge in [-0.15, -0.1) is 0 Å². The van der Waals surface area contributed by atoms with Crippen LogP contribution in [0, 0.1) is 0 Å². The fourth-order valence-electron chi connectivity index (χ4n) is 2.95. The number of carbonyl (C=O) groups is 2. The van der Waals surface area contributed by atoms with Crippen molar-refractivity contribution in [3.05, 3.63) is 18.0 Å². The number of aliphatic carboxylic acids is 1. The number of carbonyl (C=O) groups excluding carboxylic acids is 1. The summed E-state index contributed by atoms with van der Waals surface area (Å²) in [7, 11) is -2.05. The highest BCUT2D eigenvalue weighted by Gasteiger charge is 2.52. The molecule has 8 nitrogen and oxygen atoms in total. The standard InChI is InChI=1S/C15H21N3O5S/c1-17-10-11(24(22,23)18-7-3-2-4-8-18)9-12(17)13(19)16-15(5-6-15)14(20)21/h9-10H,2-8H2,1H3,(H,16,19)(H,20,21). The second-order valence-corrected chi connectivity index (χ2v) is 8.42. The minimum Gasteiger partial charge on any atom is -0.480 e. The van der Waals surface area contributed by atoms with Crippen LogP contribution in [-0.4, -0.2) is 52.9 Å². The molecular weight excluding hydrogens is 334 g/mol. The molecule has 3 rings (SSSR count). The Morgan fingerprint density at radius 1 is 1.21 bits per heavy atom. The van der Waals surface area contributed by atoms with Crippen LogP contribution >= 0.6 is 0 Å². The first-order valence-electron chi connectivity index (χ1n) is 7.99. The number of hydrogen-bond acceptors (Lipinski definition) is 4. The highest BCUT2D eigenvalue weighted by molar-refractivity contribution is 7.89. The Morgan fingerprint density at radius 2 is 1.83 bits per heavy atom. The number of aromatic nitrogens is 1. The molecule has 0 unspecified atom stereocenters. The van der Waals surface area contributed by atoms with Crippen LogP contribution in [0.3, 0.4) is 0 Å². The monoisotopic (exact) mass is 355 g/mol. The number of amides is 1. The summed E-state index contributed by atoms with van der Waals surface area (Å²) in [6, 6.07) is 1.32. The third kappa shape index (κ3) is 2.93. The van der Waals surface area contributed by atoms with Crippen LogP contribution in [0.2, 0.25) is 0 Å². The largest absolute Gasteiger partial charge is 0.480 e. The molecule has 132 valence electrons. The van der Waals surface area contributed by atoms with Gasteiger partial charge in [0.2, 0.25) is 10.0 Å². The van der Waals surface area contributed by atoms with Gasteiger partial charge in [0.15, 0.2) is 0 Å². The van der Waals surface area contributed by atoms with Gasteiger partial charge >= 0.3 is 5.97 Å². The second-order valence-electron chi connectivity index (χ2n) is 6.48. The third-order valence-corrected chi connectivity index (χ3v) is 6.54. The van der Waals surface area contributed by atoms with Gasteiger partial charge in [-0.3, -0.25) is 4.79 Å². The molecule has 2 aliphatic rings. The van der Waals surface area contributed by atoms with Gasteiger partial charge in [0.05, 0.1) is 0 Å². The van der Waals surface area contributed by atoms with Crippen LogP contribution < -0.4 is 5.32 Å². The predicted octanol–water partition coefficient (Wildman–Crippen LogP) is 0.547. The van der Waals surface area contributed by atoms with E-state index in [9.17, 15) is 18.0 Å². The summed E-state index contributed by atoms with van der Waals surface area (Å²) < 4.78 is 28.2. The number of carboxylic acid groups (broad SMARTS) is 1. The number of hydrogen-bond donors (Lipinski definition) is 2. The van der Waals surface area contributed by atoms with E-state index in [0.717, 1.165) is 19.3 Å². The summed E-state index contributed by atoms with van der Waals surface area (Å²) in [6.45, 7) is 0.974. The van der Waals surface area contributed by atoms with Crippen LogP contribution in [0.1, 0.15) is 42.6 Å². The van der Waals surface area contributed by atoms with Crippen LogP contribution in [0.25, 0.3) is 0 Å². The maximum absolute atomic E-state index is 12.7. The lowest BCUT2D eigenvalue weighted by atomic mass is 10.2. The molecule has 0 atom stereocenters. The minimum absolute atomic E-state index is 0.0669. The average Bonchev–Trinajstić information content (AvgIpc) is 3.22. The van der Waals surface area contributed by atoms with Crippen molar-refractivity contribution < 1.29 is 23.1 Å². The SMILES string of the molecule is Cn1cc(S(=O)(=O)N2CCCCC2)cc1C(=O)NC1(C(=O)O)CC1. The fourth-order valence-corrected chi connectivity index (χ4v) is 4.54. The van der Waals surface area contributed by atoms with Crippen LogP contribution in [0.15, 0.2) is 17.2 Å². The van der Waals surface area contributed by atoms with E-state index < -0.39 is 27.4 Å². The van der Waals surface area contributed by atoms with Crippen molar-refractivity contribution in [3.8, 4) is 0 Å². The van der Waals surface area contributed by atoms with E-state index in [4.69, 9.17) is 5.11 Å². The number of rotatable bonds is 5. The molecule has 0 spiro atoms. The van der Waals surface area contributed by atoms with E-state index in [1.54, 1.807) is 7.05 Å². The van der Waals surface area contributed by atoms with Crippen LogP contribution in [0.4, 0.5) is 0 Å². The first-order chi connectivity index (χ1) is 11.3. The third-order valence-electron chi connectivity index (χ3n) is 4.68. The highest BCUT2D eigenvalue weighted by atomic mass is 32.2. The van der Waals surface area contributed by atoms with E-state index >= 15 is 0 Å². The molecule has 2 fully saturated rings. The summed E-state index contributed by atoms with van der Waals surface area (Å²) in [6.07, 6.45) is 4.86. The Bertz CT molecular complexity index is 773. The molecule has 1 aliphatic carbocycles. The Balaban J connectivity index is 1.82. The highest BCUT2D eigenvalue weighted by Crippen LogP contribution is 2.36. The first kappa shape index (κ1) is 17.0. The smallest absolute Gasteiger partial charge is 0.329 e. The van der Waals surface area contributed by atoms with Crippen molar-refractivity contribution >= 4 is 21.9 Å². The summed E-state index contributed by atoms with van der Waals surface area (Å²) in [5, 5.41) is 11.6. The zero-order valence-corrected chi connectivity index (χ0v) is 14.3. The van der Waals surface area contributed by atoms with Gasteiger partial charge in [0.25, 0.3) is 5.91 Å². The number of carboxylic acids is 1. The maximum Gasteiger partial charge on any atom is 0.329 e. The average molecular weight is 355 g/mol. The Hall–Kier alpha value is -1.87. The first-order valence-corrected chi connectivity index (χ1v) is 9.43. The topological polar surface area (TPSA) is 109 Å². The molecule has 9 heteroatoms. The van der Waals surface area contributed by atoms with Crippen molar-refractivity contribution in [2.24, 2.45) is 7.05 Å². The number of sulfonamides is 1. The molecule has 0 aromatic carbocycles. The molecule has 1 aromatic heterocycles. The van der Waals surface area contributed by atoms with Crippen molar-refractivity contribution in [2.75, 3.05) is 13.1 Å². The van der Waals surface area contributed by atoms with Crippen molar-refractivity contribution in [1.29, 1.82) is 0 Å². The molecule has 2 N–H and O–H groups in total. The van der Waals surface area contributed by atoms with E-state index in [1.165, 1.54) is 21.1 Å². The number of aryl methyl sites for hydroxylation is 1. The summed E-state index contributed by atoms with van der Waals surface area (Å²) in [4.78, 5) is 23.6. The quantitative estimate of drug-likeness (QED) is 0.802. The van der Waals surface area contributed by atoms with E-state index in [1.807, 2.05) is 0 Å². The molecule has 1 aliphatic heterocycles. The lowest BCUT2D eigenvalue weighted by Gasteiger charge is -2.25. The summed E-state index contributed by atoms with van der Waals surface area (Å²) in [5.74, 6) is -1.64. The van der Waals surface area contributed by atoms with Gasteiger partial charge < -0.3 is 15.0 Å². The summed E-state index contributed by atoms with van der Waals surface area (Å²) >= 11 is 0. The molecule has 1 amide bonds. The van der Waals surface area contributed by atoms with Gasteiger partial charge in [0.1, 0.15) is 16.1 Å². The summed E-state index contributed by atoms with van der Waals surface area (Å²) in [5.41, 5.74) is -1.06. The van der Waals surface area contributed by atoms with Gasteiger partial charge in [-0.25, -0.2) is 13.2 Å². The molecule has 24 heavy (non-hydrogen) atoms. The number of nitrogens with one attached hydrogen (secondary N) is 1. The van der Waals surface area contributed by atoms with Crippen LogP contribution in [-0.2, 0) is 21.9 Å². The van der Waals surface area contributed by atoms with E-state index in [2.05, 4.69) is 5.32 Å². The molecular formula is C15H21N3O5S. The minimum atomic E-state index is -3.63. The van der Waals surface area contributed by atoms with E-state index in [0.29, 0.717) is 25.9 Å².